The lowest BCUT2D eigenvalue weighted by Crippen LogP contribution is -2.02. The van der Waals surface area contributed by atoms with E-state index < -0.39 is 10.9 Å². The quantitative estimate of drug-likeness (QED) is 0.393. The summed E-state index contributed by atoms with van der Waals surface area (Å²) in [6.07, 6.45) is 0.483. The van der Waals surface area contributed by atoms with Gasteiger partial charge in [-0.15, -0.1) is 0 Å². The Morgan fingerprint density at radius 2 is 2.08 bits per heavy atom. The third-order valence-corrected chi connectivity index (χ3v) is 4.82. The van der Waals surface area contributed by atoms with Crippen molar-refractivity contribution in [3.8, 4) is 0 Å². The van der Waals surface area contributed by atoms with Crippen molar-refractivity contribution in [2.45, 2.75) is 13.8 Å². The number of fused-ring (bicyclic) bond motifs is 1. The van der Waals surface area contributed by atoms with Crippen molar-refractivity contribution in [3.05, 3.63) is 56.8 Å². The molecule has 0 saturated carbocycles. The number of non-ortho nitro benzene ring substituents is 1. The van der Waals surface area contributed by atoms with E-state index in [1.807, 2.05) is 13.8 Å². The Labute approximate surface area is 151 Å². The molecule has 2 aromatic heterocycles. The summed E-state index contributed by atoms with van der Waals surface area (Å²) >= 11 is 1.15. The number of aromatic carboxylic acids is 1. The predicted octanol–water partition coefficient (Wildman–Crippen LogP) is 4.08. The molecule has 0 aliphatic carbocycles. The highest BCUT2D eigenvalue weighted by Gasteiger charge is 2.22. The van der Waals surface area contributed by atoms with Crippen LogP contribution in [0, 0.1) is 24.0 Å². The zero-order chi connectivity index (χ0) is 19.0. The fourth-order valence-electron chi connectivity index (χ4n) is 2.73. The Morgan fingerprint density at radius 3 is 2.69 bits per heavy atom. The van der Waals surface area contributed by atoms with Crippen molar-refractivity contribution < 1.29 is 19.6 Å². The number of hydrogen-bond donors (Lipinski definition) is 2. The smallest absolute Gasteiger partial charge is 0.339 e. The van der Waals surface area contributed by atoms with Gasteiger partial charge in [-0.1, -0.05) is 11.3 Å². The van der Waals surface area contributed by atoms with E-state index >= 15 is 0 Å². The number of nitrogens with one attached hydrogen (secondary N) is 1. The van der Waals surface area contributed by atoms with Gasteiger partial charge >= 0.3 is 5.97 Å². The maximum Gasteiger partial charge on any atom is 0.339 e. The highest BCUT2D eigenvalue weighted by molar-refractivity contribution is 7.23. The van der Waals surface area contributed by atoms with Gasteiger partial charge in [0.2, 0.25) is 0 Å². The summed E-state index contributed by atoms with van der Waals surface area (Å²) in [7, 11) is 0. The van der Waals surface area contributed by atoms with Crippen LogP contribution in [0.1, 0.15) is 32.0 Å². The van der Waals surface area contributed by atoms with E-state index in [4.69, 9.17) is 0 Å². The molecule has 0 unspecified atom stereocenters. The summed E-state index contributed by atoms with van der Waals surface area (Å²) in [5, 5.41) is 24.3. The number of carbonyl (C=O) groups is 2. The van der Waals surface area contributed by atoms with Crippen LogP contribution in [-0.4, -0.2) is 27.3 Å². The zero-order valence-corrected chi connectivity index (χ0v) is 14.6. The second-order valence-corrected chi connectivity index (χ2v) is 6.64. The number of nitro groups is 1. The molecule has 0 spiro atoms. The van der Waals surface area contributed by atoms with Gasteiger partial charge in [0, 0.05) is 28.8 Å². The first-order valence-corrected chi connectivity index (χ1v) is 8.28. The second kappa shape index (κ2) is 6.52. The number of rotatable bonds is 5. The molecule has 3 rings (SSSR count). The van der Waals surface area contributed by atoms with Crippen molar-refractivity contribution in [2.75, 3.05) is 5.32 Å². The molecule has 0 atom stereocenters. The molecular formula is C17H13N3O5S. The van der Waals surface area contributed by atoms with E-state index in [1.54, 1.807) is 6.07 Å². The largest absolute Gasteiger partial charge is 0.478 e. The molecule has 1 aromatic carbocycles. The van der Waals surface area contributed by atoms with Gasteiger partial charge in [0.15, 0.2) is 6.29 Å². The molecule has 0 radical (unpaired) electrons. The molecule has 0 bridgehead atoms. The van der Waals surface area contributed by atoms with E-state index in [9.17, 15) is 24.8 Å². The molecule has 0 amide bonds. The Balaban J connectivity index is 2.16. The highest BCUT2D eigenvalue weighted by Crippen LogP contribution is 2.39. The standard InChI is InChI=1S/C17H13N3O5S/c1-8-5-9(2)18-15-13(8)14(17(22)23)16(26-15)19-12-4-3-11(20(24)25)6-10(12)7-21/h3-7,19H,1-2H3,(H,22,23). The van der Waals surface area contributed by atoms with Gasteiger partial charge in [-0.2, -0.15) is 0 Å². The van der Waals surface area contributed by atoms with Crippen LogP contribution in [0.4, 0.5) is 16.4 Å². The average molecular weight is 371 g/mol. The lowest BCUT2D eigenvalue weighted by atomic mass is 10.1. The number of aromatic nitrogens is 1. The molecular weight excluding hydrogens is 358 g/mol. The summed E-state index contributed by atoms with van der Waals surface area (Å²) in [5.41, 5.74) is 1.74. The third-order valence-electron chi connectivity index (χ3n) is 3.82. The maximum absolute atomic E-state index is 11.8. The minimum absolute atomic E-state index is 0.0604. The van der Waals surface area contributed by atoms with Gasteiger partial charge in [-0.3, -0.25) is 14.9 Å². The number of benzene rings is 1. The monoisotopic (exact) mass is 371 g/mol. The highest BCUT2D eigenvalue weighted by atomic mass is 32.1. The first kappa shape index (κ1) is 17.5. The summed E-state index contributed by atoms with van der Waals surface area (Å²) < 4.78 is 0. The maximum atomic E-state index is 11.8. The van der Waals surface area contributed by atoms with Crippen LogP contribution in [0.3, 0.4) is 0 Å². The molecule has 0 fully saturated rings. The van der Waals surface area contributed by atoms with Gasteiger partial charge in [0.05, 0.1) is 10.6 Å². The second-order valence-electron chi connectivity index (χ2n) is 5.64. The number of nitrogens with zero attached hydrogens (tertiary/aromatic N) is 2. The number of carboxylic acid groups (broad SMARTS) is 1. The number of nitro benzene ring substituents is 1. The number of carboxylic acids is 1. The van der Waals surface area contributed by atoms with Gasteiger partial charge in [0.1, 0.15) is 15.4 Å². The Morgan fingerprint density at radius 1 is 1.35 bits per heavy atom. The SMILES string of the molecule is Cc1cc(C)c2c(C(=O)O)c(Nc3ccc([N+](=O)[O-])cc3C=O)sc2n1. The Kier molecular flexibility index (Phi) is 4.39. The summed E-state index contributed by atoms with van der Waals surface area (Å²) in [5.74, 6) is -1.12. The topological polar surface area (TPSA) is 122 Å². The van der Waals surface area contributed by atoms with E-state index in [1.165, 1.54) is 12.1 Å². The fourth-order valence-corrected chi connectivity index (χ4v) is 3.93. The van der Waals surface area contributed by atoms with Crippen LogP contribution in [0.5, 0.6) is 0 Å². The molecule has 26 heavy (non-hydrogen) atoms. The van der Waals surface area contributed by atoms with E-state index in [-0.39, 0.29) is 22.5 Å². The molecule has 2 heterocycles. The number of thiophene rings is 1. The van der Waals surface area contributed by atoms with Crippen molar-refractivity contribution >= 4 is 50.2 Å². The molecule has 132 valence electrons. The van der Waals surface area contributed by atoms with Crippen molar-refractivity contribution in [1.82, 2.24) is 4.98 Å². The Bertz CT molecular complexity index is 1070. The number of pyridine rings is 1. The number of aldehydes is 1. The van der Waals surface area contributed by atoms with Crippen molar-refractivity contribution in [1.29, 1.82) is 0 Å². The van der Waals surface area contributed by atoms with Crippen molar-refractivity contribution in [3.63, 3.8) is 0 Å². The van der Waals surface area contributed by atoms with Crippen LogP contribution in [0.15, 0.2) is 24.3 Å². The third kappa shape index (κ3) is 3.00. The first-order valence-electron chi connectivity index (χ1n) is 7.46. The number of aryl methyl sites for hydroxylation is 2. The van der Waals surface area contributed by atoms with Crippen LogP contribution < -0.4 is 5.32 Å². The Hall–Kier alpha value is -3.33. The van der Waals surface area contributed by atoms with Crippen LogP contribution >= 0.6 is 11.3 Å². The molecule has 9 heteroatoms. The normalized spacial score (nSPS) is 10.7. The van der Waals surface area contributed by atoms with Gasteiger partial charge in [0.25, 0.3) is 5.69 Å². The van der Waals surface area contributed by atoms with Gasteiger partial charge < -0.3 is 10.4 Å². The average Bonchev–Trinajstić information content (AvgIpc) is 2.93. The summed E-state index contributed by atoms with van der Waals surface area (Å²) in [4.78, 5) is 38.3. The number of anilines is 2. The molecule has 0 aliphatic rings. The van der Waals surface area contributed by atoms with Crippen LogP contribution in [-0.2, 0) is 0 Å². The lowest BCUT2D eigenvalue weighted by Gasteiger charge is -2.08. The van der Waals surface area contributed by atoms with E-state index in [0.717, 1.165) is 28.7 Å². The number of hydrogen-bond acceptors (Lipinski definition) is 7. The minimum Gasteiger partial charge on any atom is -0.478 e. The van der Waals surface area contributed by atoms with E-state index in [0.29, 0.717) is 21.5 Å². The molecule has 2 N–H and O–H groups in total. The molecule has 0 aliphatic heterocycles. The van der Waals surface area contributed by atoms with Crippen LogP contribution in [0.25, 0.3) is 10.2 Å². The molecule has 8 nitrogen and oxygen atoms in total. The predicted molar refractivity (Wildman–Crippen MR) is 97.8 cm³/mol. The van der Waals surface area contributed by atoms with Crippen LogP contribution in [0.2, 0.25) is 0 Å². The molecule has 3 aromatic rings. The van der Waals surface area contributed by atoms with E-state index in [2.05, 4.69) is 10.3 Å². The molecule has 0 saturated heterocycles. The first-order chi connectivity index (χ1) is 12.3. The van der Waals surface area contributed by atoms with Gasteiger partial charge in [-0.05, 0) is 31.5 Å². The summed E-state index contributed by atoms with van der Waals surface area (Å²) in [6.45, 7) is 3.63. The number of carbonyl (C=O) groups excluding carboxylic acids is 1. The summed E-state index contributed by atoms with van der Waals surface area (Å²) in [6, 6.07) is 5.56. The zero-order valence-electron chi connectivity index (χ0n) is 13.8. The van der Waals surface area contributed by atoms with Crippen molar-refractivity contribution in [2.24, 2.45) is 0 Å². The fraction of sp³-hybridized carbons (Fsp3) is 0.118. The lowest BCUT2D eigenvalue weighted by molar-refractivity contribution is -0.384. The minimum atomic E-state index is -1.12. The van der Waals surface area contributed by atoms with Gasteiger partial charge in [-0.25, -0.2) is 9.78 Å².